The number of amides is 1. The Hall–Kier alpha value is -2.58. The van der Waals surface area contributed by atoms with Crippen molar-refractivity contribution in [3.63, 3.8) is 0 Å². The number of carbonyl (C=O) groups excluding carboxylic acids is 1. The van der Waals surface area contributed by atoms with Gasteiger partial charge in [-0.05, 0) is 37.5 Å². The molecule has 0 bridgehead atoms. The zero-order valence-corrected chi connectivity index (χ0v) is 14.2. The minimum Gasteiger partial charge on any atom is -0.370 e. The first kappa shape index (κ1) is 18.2. The molecule has 1 fully saturated rings. The standard InChI is InChI=1S/C17H20F3N5O/c18-17(19,20)13-5-6-15(24-7-1-2-8-24)14(10-13)23-16(26)4-3-9-25-12-21-11-22-25/h5-6,10-12H,1-4,7-9H2,(H,23,26). The van der Waals surface area contributed by atoms with Crippen LogP contribution in [0.4, 0.5) is 24.5 Å². The fourth-order valence-corrected chi connectivity index (χ4v) is 3.01. The molecule has 0 saturated carbocycles. The number of alkyl halides is 3. The van der Waals surface area contributed by atoms with Gasteiger partial charge in [-0.1, -0.05) is 0 Å². The molecule has 2 aromatic rings. The second-order valence-electron chi connectivity index (χ2n) is 6.23. The summed E-state index contributed by atoms with van der Waals surface area (Å²) in [6.07, 6.45) is 1.21. The van der Waals surface area contributed by atoms with Crippen molar-refractivity contribution in [3.8, 4) is 0 Å². The van der Waals surface area contributed by atoms with E-state index in [0.717, 1.165) is 38.1 Å². The van der Waals surface area contributed by atoms with Crippen molar-refractivity contribution in [3.05, 3.63) is 36.4 Å². The van der Waals surface area contributed by atoms with Gasteiger partial charge in [0.25, 0.3) is 0 Å². The summed E-state index contributed by atoms with van der Waals surface area (Å²) >= 11 is 0. The van der Waals surface area contributed by atoms with Gasteiger partial charge >= 0.3 is 6.18 Å². The van der Waals surface area contributed by atoms with E-state index in [9.17, 15) is 18.0 Å². The van der Waals surface area contributed by atoms with E-state index in [4.69, 9.17) is 0 Å². The average Bonchev–Trinajstić information content (AvgIpc) is 3.27. The lowest BCUT2D eigenvalue weighted by Gasteiger charge is -2.23. The zero-order valence-electron chi connectivity index (χ0n) is 14.2. The second kappa shape index (κ2) is 7.76. The van der Waals surface area contributed by atoms with Crippen molar-refractivity contribution in [1.82, 2.24) is 14.8 Å². The number of anilines is 2. The van der Waals surface area contributed by atoms with Crippen LogP contribution in [0.1, 0.15) is 31.2 Å². The number of nitrogens with one attached hydrogen (secondary N) is 1. The normalized spacial score (nSPS) is 14.7. The lowest BCUT2D eigenvalue weighted by molar-refractivity contribution is -0.137. The Bertz CT molecular complexity index is 739. The van der Waals surface area contributed by atoms with E-state index < -0.39 is 11.7 Å². The van der Waals surface area contributed by atoms with Crippen molar-refractivity contribution in [2.45, 2.75) is 38.4 Å². The molecule has 0 radical (unpaired) electrons. The van der Waals surface area contributed by atoms with Crippen LogP contribution in [-0.4, -0.2) is 33.8 Å². The number of hydrogen-bond acceptors (Lipinski definition) is 4. The van der Waals surface area contributed by atoms with Crippen LogP contribution in [0.3, 0.4) is 0 Å². The Morgan fingerprint density at radius 3 is 2.65 bits per heavy atom. The lowest BCUT2D eigenvalue weighted by atomic mass is 10.1. The number of aryl methyl sites for hydroxylation is 1. The SMILES string of the molecule is O=C(CCCn1cncn1)Nc1cc(C(F)(F)F)ccc1N1CCCC1. The predicted octanol–water partition coefficient (Wildman–Crippen LogP) is 3.32. The summed E-state index contributed by atoms with van der Waals surface area (Å²) in [6.45, 7) is 2.08. The van der Waals surface area contributed by atoms with Gasteiger partial charge in [0.1, 0.15) is 12.7 Å². The molecule has 1 aliphatic heterocycles. The molecule has 2 heterocycles. The first-order chi connectivity index (χ1) is 12.4. The molecule has 1 aromatic carbocycles. The van der Waals surface area contributed by atoms with Gasteiger partial charge in [0, 0.05) is 26.1 Å². The minimum atomic E-state index is -4.45. The van der Waals surface area contributed by atoms with Gasteiger partial charge in [-0.25, -0.2) is 4.98 Å². The summed E-state index contributed by atoms with van der Waals surface area (Å²) in [5.41, 5.74) is 0.0889. The van der Waals surface area contributed by atoms with Crippen LogP contribution in [-0.2, 0) is 17.5 Å². The maximum Gasteiger partial charge on any atom is 0.416 e. The van der Waals surface area contributed by atoms with Gasteiger partial charge in [-0.15, -0.1) is 0 Å². The molecule has 1 amide bonds. The highest BCUT2D eigenvalue weighted by atomic mass is 19.4. The van der Waals surface area contributed by atoms with E-state index in [1.807, 2.05) is 4.90 Å². The zero-order chi connectivity index (χ0) is 18.6. The number of hydrogen-bond donors (Lipinski definition) is 1. The molecule has 26 heavy (non-hydrogen) atoms. The third-order valence-electron chi connectivity index (χ3n) is 4.30. The molecule has 0 aliphatic carbocycles. The Balaban J connectivity index is 1.69. The fraction of sp³-hybridized carbons (Fsp3) is 0.471. The van der Waals surface area contributed by atoms with Gasteiger partial charge in [0.05, 0.1) is 16.9 Å². The molecule has 0 unspecified atom stereocenters. The molecule has 6 nitrogen and oxygen atoms in total. The molecule has 1 N–H and O–H groups in total. The first-order valence-corrected chi connectivity index (χ1v) is 8.52. The highest BCUT2D eigenvalue weighted by molar-refractivity contribution is 5.94. The van der Waals surface area contributed by atoms with Crippen molar-refractivity contribution >= 4 is 17.3 Å². The summed E-state index contributed by atoms with van der Waals surface area (Å²) in [5.74, 6) is -0.315. The van der Waals surface area contributed by atoms with Gasteiger partial charge in [-0.2, -0.15) is 18.3 Å². The summed E-state index contributed by atoms with van der Waals surface area (Å²) in [7, 11) is 0. The van der Waals surface area contributed by atoms with E-state index in [1.165, 1.54) is 12.4 Å². The maximum atomic E-state index is 13.0. The number of rotatable bonds is 6. The molecular formula is C17H20F3N5O. The summed E-state index contributed by atoms with van der Waals surface area (Å²) in [4.78, 5) is 18.0. The van der Waals surface area contributed by atoms with Gasteiger partial charge in [0.15, 0.2) is 0 Å². The largest absolute Gasteiger partial charge is 0.416 e. The van der Waals surface area contributed by atoms with E-state index in [1.54, 1.807) is 11.0 Å². The molecule has 140 valence electrons. The van der Waals surface area contributed by atoms with E-state index in [0.29, 0.717) is 18.7 Å². The molecule has 1 aliphatic rings. The second-order valence-corrected chi connectivity index (χ2v) is 6.23. The fourth-order valence-electron chi connectivity index (χ4n) is 3.01. The maximum absolute atomic E-state index is 13.0. The molecule has 1 aromatic heterocycles. The molecule has 9 heteroatoms. The van der Waals surface area contributed by atoms with Gasteiger partial charge < -0.3 is 10.2 Å². The van der Waals surface area contributed by atoms with Crippen LogP contribution in [0, 0.1) is 0 Å². The summed E-state index contributed by atoms with van der Waals surface area (Å²) in [5, 5.41) is 6.60. The third kappa shape index (κ3) is 4.53. The number of nitrogens with zero attached hydrogens (tertiary/aromatic N) is 4. The number of aromatic nitrogens is 3. The minimum absolute atomic E-state index is 0.190. The van der Waals surface area contributed by atoms with E-state index in [2.05, 4.69) is 15.4 Å². The molecular weight excluding hydrogens is 347 g/mol. The topological polar surface area (TPSA) is 63.1 Å². The summed E-state index contributed by atoms with van der Waals surface area (Å²) < 4.78 is 40.7. The van der Waals surface area contributed by atoms with Crippen LogP contribution in [0.2, 0.25) is 0 Å². The monoisotopic (exact) mass is 367 g/mol. The highest BCUT2D eigenvalue weighted by Crippen LogP contribution is 2.36. The van der Waals surface area contributed by atoms with Crippen LogP contribution in [0.25, 0.3) is 0 Å². The predicted molar refractivity (Wildman–Crippen MR) is 90.8 cm³/mol. The molecule has 1 saturated heterocycles. The van der Waals surface area contributed by atoms with Crippen molar-refractivity contribution in [2.75, 3.05) is 23.3 Å². The Morgan fingerprint density at radius 1 is 1.23 bits per heavy atom. The first-order valence-electron chi connectivity index (χ1n) is 8.52. The van der Waals surface area contributed by atoms with E-state index >= 15 is 0 Å². The number of halogens is 3. The van der Waals surface area contributed by atoms with Crippen molar-refractivity contribution in [1.29, 1.82) is 0 Å². The van der Waals surface area contributed by atoms with Crippen LogP contribution in [0.15, 0.2) is 30.9 Å². The molecule has 0 spiro atoms. The quantitative estimate of drug-likeness (QED) is 0.851. The average molecular weight is 367 g/mol. The van der Waals surface area contributed by atoms with Crippen LogP contribution < -0.4 is 10.2 Å². The highest BCUT2D eigenvalue weighted by Gasteiger charge is 2.32. The number of carbonyl (C=O) groups is 1. The third-order valence-corrected chi connectivity index (χ3v) is 4.30. The molecule has 3 rings (SSSR count). The van der Waals surface area contributed by atoms with Crippen molar-refractivity contribution in [2.24, 2.45) is 0 Å². The Morgan fingerprint density at radius 2 is 2.00 bits per heavy atom. The van der Waals surface area contributed by atoms with Crippen LogP contribution in [0.5, 0.6) is 0 Å². The van der Waals surface area contributed by atoms with Crippen LogP contribution >= 0.6 is 0 Å². The van der Waals surface area contributed by atoms with Gasteiger partial charge in [0.2, 0.25) is 5.91 Å². The number of benzene rings is 1. The smallest absolute Gasteiger partial charge is 0.370 e. The Labute approximate surface area is 149 Å². The Kier molecular flexibility index (Phi) is 5.43. The van der Waals surface area contributed by atoms with Gasteiger partial charge in [-0.3, -0.25) is 9.48 Å². The van der Waals surface area contributed by atoms with E-state index in [-0.39, 0.29) is 18.0 Å². The summed E-state index contributed by atoms with van der Waals surface area (Å²) in [6, 6.07) is 3.52. The molecule has 0 atom stereocenters. The lowest BCUT2D eigenvalue weighted by Crippen LogP contribution is -2.22. The van der Waals surface area contributed by atoms with Crippen molar-refractivity contribution < 1.29 is 18.0 Å².